The number of ketones is 1. The molecule has 0 aliphatic rings. The molecule has 0 saturated heterocycles. The van der Waals surface area contributed by atoms with E-state index in [0.717, 1.165) is 16.8 Å². The fraction of sp³-hybridized carbons (Fsp3) is 0.188. The predicted octanol–water partition coefficient (Wildman–Crippen LogP) is 3.60. The predicted molar refractivity (Wildman–Crippen MR) is 76.5 cm³/mol. The molecule has 2 aromatic rings. The van der Waals surface area contributed by atoms with E-state index in [4.69, 9.17) is 0 Å². The van der Waals surface area contributed by atoms with E-state index in [1.807, 2.05) is 43.3 Å². The third-order valence-corrected chi connectivity index (χ3v) is 3.00. The van der Waals surface area contributed by atoms with E-state index >= 15 is 0 Å². The minimum atomic E-state index is 0.146. The van der Waals surface area contributed by atoms with Gasteiger partial charge in [0.05, 0.1) is 0 Å². The van der Waals surface area contributed by atoms with E-state index < -0.39 is 0 Å². The highest BCUT2D eigenvalue weighted by Gasteiger charge is 2.03. The first-order chi connectivity index (χ1) is 9.20. The molecule has 0 bridgehead atoms. The van der Waals surface area contributed by atoms with Crippen molar-refractivity contribution in [3.05, 3.63) is 59.7 Å². The lowest BCUT2D eigenvalue weighted by atomic mass is 10.1. The van der Waals surface area contributed by atoms with Gasteiger partial charge in [-0.15, -0.1) is 0 Å². The van der Waals surface area contributed by atoms with E-state index in [-0.39, 0.29) is 11.5 Å². The molecule has 0 amide bonds. The lowest BCUT2D eigenvalue weighted by Gasteiger charge is -2.08. The molecule has 0 fully saturated rings. The van der Waals surface area contributed by atoms with Crippen molar-refractivity contribution in [2.45, 2.75) is 19.9 Å². The number of hydrogen-bond acceptors (Lipinski definition) is 3. The third kappa shape index (κ3) is 3.35. The monoisotopic (exact) mass is 255 g/mol. The zero-order chi connectivity index (χ0) is 13.7. The van der Waals surface area contributed by atoms with Gasteiger partial charge in [-0.2, -0.15) is 0 Å². The topological polar surface area (TPSA) is 49.3 Å². The zero-order valence-electron chi connectivity index (χ0n) is 10.9. The number of anilines is 1. The summed E-state index contributed by atoms with van der Waals surface area (Å²) in [5, 5.41) is 12.9. The molecule has 0 radical (unpaired) electrons. The Morgan fingerprint density at radius 3 is 2.42 bits per heavy atom. The van der Waals surface area contributed by atoms with Crippen LogP contribution in [0.25, 0.3) is 0 Å². The largest absolute Gasteiger partial charge is 0.508 e. The van der Waals surface area contributed by atoms with E-state index in [0.29, 0.717) is 13.0 Å². The van der Waals surface area contributed by atoms with Crippen LogP contribution in [0, 0.1) is 0 Å². The summed E-state index contributed by atoms with van der Waals surface area (Å²) in [5.74, 6) is 0.431. The molecule has 3 heteroatoms. The Hall–Kier alpha value is -2.29. The van der Waals surface area contributed by atoms with Gasteiger partial charge in [-0.1, -0.05) is 25.1 Å². The molecule has 0 saturated carbocycles. The molecule has 2 aromatic carbocycles. The highest BCUT2D eigenvalue weighted by atomic mass is 16.3. The summed E-state index contributed by atoms with van der Waals surface area (Å²) in [7, 11) is 0. The van der Waals surface area contributed by atoms with Crippen LogP contribution in [-0.2, 0) is 6.54 Å². The van der Waals surface area contributed by atoms with Crippen LogP contribution in [-0.4, -0.2) is 10.9 Å². The van der Waals surface area contributed by atoms with Crippen molar-refractivity contribution in [2.24, 2.45) is 0 Å². The molecule has 19 heavy (non-hydrogen) atoms. The zero-order valence-corrected chi connectivity index (χ0v) is 10.9. The normalized spacial score (nSPS) is 10.2. The fourth-order valence-electron chi connectivity index (χ4n) is 1.84. The van der Waals surface area contributed by atoms with Gasteiger partial charge in [-0.3, -0.25) is 4.79 Å². The number of hydrogen-bond donors (Lipinski definition) is 2. The second kappa shape index (κ2) is 6.05. The second-order valence-corrected chi connectivity index (χ2v) is 4.34. The molecule has 0 aromatic heterocycles. The van der Waals surface area contributed by atoms with Crippen molar-refractivity contribution in [3.8, 4) is 5.75 Å². The number of rotatable bonds is 5. The van der Waals surface area contributed by atoms with Gasteiger partial charge in [0.25, 0.3) is 0 Å². The van der Waals surface area contributed by atoms with Gasteiger partial charge >= 0.3 is 0 Å². The van der Waals surface area contributed by atoms with Crippen LogP contribution in [0.1, 0.15) is 29.3 Å². The van der Waals surface area contributed by atoms with Crippen LogP contribution < -0.4 is 5.32 Å². The van der Waals surface area contributed by atoms with Gasteiger partial charge in [0.15, 0.2) is 5.78 Å². The van der Waals surface area contributed by atoms with Gasteiger partial charge in [-0.25, -0.2) is 0 Å². The van der Waals surface area contributed by atoms with E-state index in [2.05, 4.69) is 5.32 Å². The summed E-state index contributed by atoms with van der Waals surface area (Å²) in [5.41, 5.74) is 2.50. The van der Waals surface area contributed by atoms with Gasteiger partial charge in [0, 0.05) is 29.8 Å². The summed E-state index contributed by atoms with van der Waals surface area (Å²) in [6.07, 6.45) is 0.519. The van der Waals surface area contributed by atoms with Crippen LogP contribution >= 0.6 is 0 Å². The molecular weight excluding hydrogens is 238 g/mol. The third-order valence-electron chi connectivity index (χ3n) is 3.00. The summed E-state index contributed by atoms with van der Waals surface area (Å²) >= 11 is 0. The molecule has 0 heterocycles. The van der Waals surface area contributed by atoms with Gasteiger partial charge in [0.2, 0.25) is 0 Å². The van der Waals surface area contributed by atoms with Crippen molar-refractivity contribution in [1.82, 2.24) is 0 Å². The molecule has 3 nitrogen and oxygen atoms in total. The lowest BCUT2D eigenvalue weighted by Crippen LogP contribution is -2.01. The Morgan fingerprint density at radius 1 is 1.11 bits per heavy atom. The Balaban J connectivity index is 2.01. The number of benzene rings is 2. The quantitative estimate of drug-likeness (QED) is 0.803. The summed E-state index contributed by atoms with van der Waals surface area (Å²) in [4.78, 5) is 11.5. The first-order valence-corrected chi connectivity index (χ1v) is 6.34. The van der Waals surface area contributed by atoms with Crippen molar-refractivity contribution in [3.63, 3.8) is 0 Å². The average molecular weight is 255 g/mol. The smallest absolute Gasteiger partial charge is 0.162 e. The van der Waals surface area contributed by atoms with Crippen LogP contribution in [0.4, 0.5) is 5.69 Å². The maximum absolute atomic E-state index is 11.5. The molecule has 2 rings (SSSR count). The maximum atomic E-state index is 11.5. The molecular formula is C16H17NO2. The molecule has 0 unspecified atom stereocenters. The summed E-state index contributed by atoms with van der Waals surface area (Å²) in [6, 6.07) is 14.6. The lowest BCUT2D eigenvalue weighted by molar-refractivity contribution is 0.0988. The van der Waals surface area contributed by atoms with Crippen molar-refractivity contribution in [1.29, 1.82) is 0 Å². The maximum Gasteiger partial charge on any atom is 0.162 e. The summed E-state index contributed by atoms with van der Waals surface area (Å²) < 4.78 is 0. The van der Waals surface area contributed by atoms with Crippen molar-refractivity contribution >= 4 is 11.5 Å². The van der Waals surface area contributed by atoms with Gasteiger partial charge < -0.3 is 10.4 Å². The van der Waals surface area contributed by atoms with Crippen molar-refractivity contribution in [2.75, 3.05) is 5.32 Å². The van der Waals surface area contributed by atoms with E-state index in [9.17, 15) is 9.90 Å². The number of para-hydroxylation sites is 1. The number of Topliss-reactive ketones (excluding diaryl/α,β-unsaturated/α-hetero) is 1. The SMILES string of the molecule is CCC(=O)c1ccc(NCc2ccccc2O)cc1. The van der Waals surface area contributed by atoms with Crippen LogP contribution in [0.5, 0.6) is 5.75 Å². The van der Waals surface area contributed by atoms with Crippen LogP contribution in [0.3, 0.4) is 0 Å². The Bertz CT molecular complexity index is 561. The molecule has 2 N–H and O–H groups in total. The highest BCUT2D eigenvalue weighted by Crippen LogP contribution is 2.18. The van der Waals surface area contributed by atoms with Gasteiger partial charge in [-0.05, 0) is 30.3 Å². The number of carbonyl (C=O) groups excluding carboxylic acids is 1. The molecule has 98 valence electrons. The Kier molecular flexibility index (Phi) is 4.18. The number of aromatic hydroxyl groups is 1. The van der Waals surface area contributed by atoms with E-state index in [1.54, 1.807) is 12.1 Å². The second-order valence-electron chi connectivity index (χ2n) is 4.34. The van der Waals surface area contributed by atoms with E-state index in [1.165, 1.54) is 0 Å². The highest BCUT2D eigenvalue weighted by molar-refractivity contribution is 5.96. The molecule has 0 spiro atoms. The minimum Gasteiger partial charge on any atom is -0.508 e. The number of nitrogens with one attached hydrogen (secondary N) is 1. The Morgan fingerprint density at radius 2 is 1.79 bits per heavy atom. The Labute approximate surface area is 112 Å². The first kappa shape index (κ1) is 13.1. The number of phenols is 1. The first-order valence-electron chi connectivity index (χ1n) is 6.34. The number of phenolic OH excluding ortho intramolecular Hbond substituents is 1. The minimum absolute atomic E-state index is 0.146. The van der Waals surface area contributed by atoms with Crippen LogP contribution in [0.2, 0.25) is 0 Å². The van der Waals surface area contributed by atoms with Gasteiger partial charge in [0.1, 0.15) is 5.75 Å². The standard InChI is InChI=1S/C16H17NO2/c1-2-15(18)12-7-9-14(10-8-12)17-11-13-5-3-4-6-16(13)19/h3-10,17,19H,2,11H2,1H3. The fourth-order valence-corrected chi connectivity index (χ4v) is 1.84. The molecule has 0 aliphatic heterocycles. The van der Waals surface area contributed by atoms with Crippen LogP contribution in [0.15, 0.2) is 48.5 Å². The summed E-state index contributed by atoms with van der Waals surface area (Å²) in [6.45, 7) is 2.40. The molecule has 0 aliphatic carbocycles. The molecule has 0 atom stereocenters. The average Bonchev–Trinajstić information content (AvgIpc) is 2.46. The van der Waals surface area contributed by atoms with Crippen molar-refractivity contribution < 1.29 is 9.90 Å². The number of carbonyl (C=O) groups is 1.